The van der Waals surface area contributed by atoms with Gasteiger partial charge in [0.05, 0.1) is 23.9 Å². The van der Waals surface area contributed by atoms with Crippen LogP contribution in [0.5, 0.6) is 0 Å². The molecule has 1 saturated heterocycles. The number of benzene rings is 1. The average molecular weight is 451 g/mol. The van der Waals surface area contributed by atoms with Gasteiger partial charge in [-0.2, -0.15) is 5.26 Å². The Kier molecular flexibility index (Phi) is 5.06. The van der Waals surface area contributed by atoms with Gasteiger partial charge < -0.3 is 10.2 Å². The number of fused-ring (bicyclic) bond motifs is 1. The van der Waals surface area contributed by atoms with Crippen LogP contribution in [0.3, 0.4) is 0 Å². The minimum absolute atomic E-state index is 0.384. The number of aromatic nitrogens is 3. The topological polar surface area (TPSA) is 77.7 Å². The summed E-state index contributed by atoms with van der Waals surface area (Å²) in [6.45, 7) is 1.06. The van der Waals surface area contributed by atoms with Gasteiger partial charge in [0.15, 0.2) is 0 Å². The van der Waals surface area contributed by atoms with E-state index in [1.165, 1.54) is 18.4 Å². The average Bonchev–Trinajstić information content (AvgIpc) is 3.64. The van der Waals surface area contributed by atoms with E-state index in [9.17, 15) is 9.65 Å². The zero-order chi connectivity index (χ0) is 23.1. The molecule has 1 atom stereocenters. The van der Waals surface area contributed by atoms with Crippen molar-refractivity contribution in [1.29, 1.82) is 5.26 Å². The molecule has 1 saturated carbocycles. The van der Waals surface area contributed by atoms with Crippen LogP contribution in [0.4, 0.5) is 21.8 Å². The van der Waals surface area contributed by atoms with Crippen LogP contribution in [0, 0.1) is 11.3 Å². The van der Waals surface area contributed by atoms with Crippen molar-refractivity contribution in [2.45, 2.75) is 31.4 Å². The van der Waals surface area contributed by atoms with Crippen LogP contribution in [0.25, 0.3) is 22.0 Å². The van der Waals surface area contributed by atoms with Crippen molar-refractivity contribution in [2.75, 3.05) is 23.3 Å². The lowest BCUT2D eigenvalue weighted by atomic mass is 10.0. The molecule has 3 aromatic heterocycles. The second-order valence-electron chi connectivity index (χ2n) is 9.01. The van der Waals surface area contributed by atoms with Crippen molar-refractivity contribution in [3.8, 4) is 17.3 Å². The fourth-order valence-corrected chi connectivity index (χ4v) is 4.59. The normalized spacial score (nSPS) is 17.6. The molecule has 2 fully saturated rings. The van der Waals surface area contributed by atoms with Crippen LogP contribution >= 0.6 is 0 Å². The smallest absolute Gasteiger partial charge is 0.136 e. The summed E-state index contributed by atoms with van der Waals surface area (Å²) in [6, 6.07) is 18.0. The van der Waals surface area contributed by atoms with Gasteiger partial charge in [0.1, 0.15) is 23.6 Å². The maximum atomic E-state index is 13.9. The first-order valence-electron chi connectivity index (χ1n) is 11.6. The second-order valence-corrected chi connectivity index (χ2v) is 9.01. The highest BCUT2D eigenvalue weighted by molar-refractivity contribution is 5.95. The molecule has 1 aliphatic heterocycles. The van der Waals surface area contributed by atoms with Crippen molar-refractivity contribution in [1.82, 2.24) is 15.0 Å². The molecule has 0 radical (unpaired) electrons. The largest absolute Gasteiger partial charge is 0.353 e. The van der Waals surface area contributed by atoms with Gasteiger partial charge in [0, 0.05) is 29.9 Å². The predicted octanol–water partition coefficient (Wildman–Crippen LogP) is 5.73. The summed E-state index contributed by atoms with van der Waals surface area (Å²) in [6.07, 6.45) is 5.49. The van der Waals surface area contributed by atoms with Crippen LogP contribution in [0.15, 0.2) is 60.9 Å². The van der Waals surface area contributed by atoms with E-state index in [0.29, 0.717) is 42.6 Å². The van der Waals surface area contributed by atoms with Crippen LogP contribution in [0.2, 0.25) is 0 Å². The van der Waals surface area contributed by atoms with E-state index < -0.39 is 6.17 Å². The summed E-state index contributed by atoms with van der Waals surface area (Å²) in [7, 11) is 0. The molecule has 1 N–H and O–H groups in total. The van der Waals surface area contributed by atoms with E-state index in [1.54, 1.807) is 24.5 Å². The molecule has 4 aromatic rings. The molecule has 1 aliphatic carbocycles. The summed E-state index contributed by atoms with van der Waals surface area (Å²) in [5.41, 5.74) is 3.64. The van der Waals surface area contributed by atoms with Crippen molar-refractivity contribution in [3.63, 3.8) is 0 Å². The minimum atomic E-state index is -0.807. The van der Waals surface area contributed by atoms with Gasteiger partial charge in [-0.15, -0.1) is 0 Å². The number of rotatable bonds is 5. The first kappa shape index (κ1) is 20.5. The summed E-state index contributed by atoms with van der Waals surface area (Å²) in [5, 5.41) is 14.6. The van der Waals surface area contributed by atoms with Crippen LogP contribution < -0.4 is 10.2 Å². The minimum Gasteiger partial charge on any atom is -0.353 e. The van der Waals surface area contributed by atoms with Crippen molar-refractivity contribution < 1.29 is 4.39 Å². The number of nitrogens with one attached hydrogen (secondary N) is 1. The van der Waals surface area contributed by atoms with Crippen molar-refractivity contribution in [3.05, 3.63) is 72.1 Å². The number of nitriles is 1. The number of pyridine rings is 3. The number of alkyl halides is 1. The molecular weight excluding hydrogens is 427 g/mol. The Hall–Kier alpha value is -4.05. The Bertz CT molecular complexity index is 1420. The maximum Gasteiger partial charge on any atom is 0.136 e. The second kappa shape index (κ2) is 8.38. The molecule has 6 rings (SSSR count). The highest BCUT2D eigenvalue weighted by Crippen LogP contribution is 2.42. The molecule has 168 valence electrons. The molecular formula is C27H23FN6. The SMILES string of the molecule is N#Cc1ccnc(Nc2cc(C3CC3)cc(-c3ccc4ccnc(N5CC[C@@H](F)C5)c4c3)n2)c1. The predicted molar refractivity (Wildman–Crippen MR) is 131 cm³/mol. The Morgan fingerprint density at radius 2 is 1.85 bits per heavy atom. The maximum absolute atomic E-state index is 13.9. The van der Waals surface area contributed by atoms with Gasteiger partial charge in [0.25, 0.3) is 0 Å². The Labute approximate surface area is 197 Å². The third kappa shape index (κ3) is 4.03. The van der Waals surface area contributed by atoms with Gasteiger partial charge in [0.2, 0.25) is 0 Å². The summed E-state index contributed by atoms with van der Waals surface area (Å²) in [5.74, 6) is 2.66. The fraction of sp³-hybridized carbons (Fsp3) is 0.259. The van der Waals surface area contributed by atoms with Gasteiger partial charge in [-0.3, -0.25) is 0 Å². The molecule has 0 spiro atoms. The summed E-state index contributed by atoms with van der Waals surface area (Å²) in [4.78, 5) is 15.8. The highest BCUT2D eigenvalue weighted by Gasteiger charge is 2.26. The lowest BCUT2D eigenvalue weighted by Crippen LogP contribution is -2.21. The lowest BCUT2D eigenvalue weighted by Gasteiger charge is -2.19. The van der Waals surface area contributed by atoms with Gasteiger partial charge in [-0.05, 0) is 72.5 Å². The third-order valence-electron chi connectivity index (χ3n) is 6.51. The summed E-state index contributed by atoms with van der Waals surface area (Å²) >= 11 is 0. The van der Waals surface area contributed by atoms with E-state index in [4.69, 9.17) is 4.98 Å². The van der Waals surface area contributed by atoms with Crippen molar-refractivity contribution >= 4 is 28.2 Å². The highest BCUT2D eigenvalue weighted by atomic mass is 19.1. The molecule has 2 aliphatic rings. The Morgan fingerprint density at radius 1 is 0.971 bits per heavy atom. The van der Waals surface area contributed by atoms with Gasteiger partial charge >= 0.3 is 0 Å². The molecule has 34 heavy (non-hydrogen) atoms. The number of nitrogens with zero attached hydrogens (tertiary/aromatic N) is 5. The quantitative estimate of drug-likeness (QED) is 0.418. The molecule has 1 aromatic carbocycles. The lowest BCUT2D eigenvalue weighted by molar-refractivity contribution is 0.364. The van der Waals surface area contributed by atoms with Gasteiger partial charge in [-0.1, -0.05) is 12.1 Å². The number of anilines is 3. The van der Waals surface area contributed by atoms with E-state index in [-0.39, 0.29) is 0 Å². The molecule has 4 heterocycles. The Morgan fingerprint density at radius 3 is 2.65 bits per heavy atom. The van der Waals surface area contributed by atoms with E-state index in [0.717, 1.165) is 27.8 Å². The van der Waals surface area contributed by atoms with E-state index in [2.05, 4.69) is 51.7 Å². The van der Waals surface area contributed by atoms with Crippen LogP contribution in [-0.2, 0) is 0 Å². The van der Waals surface area contributed by atoms with Crippen LogP contribution in [0.1, 0.15) is 36.3 Å². The first-order chi connectivity index (χ1) is 16.7. The first-order valence-corrected chi connectivity index (χ1v) is 11.6. The van der Waals surface area contributed by atoms with Crippen LogP contribution in [-0.4, -0.2) is 34.2 Å². The zero-order valence-electron chi connectivity index (χ0n) is 18.6. The molecule has 0 bridgehead atoms. The van der Waals surface area contributed by atoms with Gasteiger partial charge in [-0.25, -0.2) is 19.3 Å². The fourth-order valence-electron chi connectivity index (χ4n) is 4.59. The zero-order valence-corrected chi connectivity index (χ0v) is 18.6. The van der Waals surface area contributed by atoms with E-state index >= 15 is 0 Å². The number of hydrogen-bond donors (Lipinski definition) is 1. The standard InChI is InChI=1S/C27H23FN6/c28-22-7-10-34(16-22)27-23-12-20(4-3-19(23)6-9-31-27)24-13-21(18-1-2-18)14-26(32-24)33-25-11-17(15-29)5-8-30-25/h3-6,8-9,11-14,18,22H,1-2,7,10,16H2,(H,30,32,33)/t22-/m1/s1. The summed E-state index contributed by atoms with van der Waals surface area (Å²) < 4.78 is 13.9. The van der Waals surface area contributed by atoms with Crippen molar-refractivity contribution in [2.24, 2.45) is 0 Å². The molecule has 7 heteroatoms. The third-order valence-corrected chi connectivity index (χ3v) is 6.51. The monoisotopic (exact) mass is 450 g/mol. The molecule has 0 amide bonds. The number of hydrogen-bond acceptors (Lipinski definition) is 6. The number of halogens is 1. The molecule has 6 nitrogen and oxygen atoms in total. The van der Waals surface area contributed by atoms with E-state index in [1.807, 2.05) is 11.0 Å². The Balaban J connectivity index is 1.41. The molecule has 0 unspecified atom stereocenters.